The van der Waals surface area contributed by atoms with Crippen LogP contribution in [-0.4, -0.2) is 23.0 Å². The van der Waals surface area contributed by atoms with Gasteiger partial charge in [0.25, 0.3) is 5.91 Å². The van der Waals surface area contributed by atoms with E-state index in [4.69, 9.17) is 33.0 Å². The van der Waals surface area contributed by atoms with Crippen molar-refractivity contribution in [2.45, 2.75) is 44.8 Å². The number of nitrogens with zero attached hydrogens (tertiary/aromatic N) is 1. The summed E-state index contributed by atoms with van der Waals surface area (Å²) in [5.74, 6) is -0.359. The summed E-state index contributed by atoms with van der Waals surface area (Å²) in [5.41, 5.74) is 3.20. The van der Waals surface area contributed by atoms with E-state index in [9.17, 15) is 9.59 Å². The van der Waals surface area contributed by atoms with Gasteiger partial charge in [-0.1, -0.05) is 53.5 Å². The summed E-state index contributed by atoms with van der Waals surface area (Å²) in [6.45, 7) is 2.42. The number of amides is 1. The van der Waals surface area contributed by atoms with Crippen LogP contribution in [0.4, 0.5) is 5.69 Å². The first-order chi connectivity index (χ1) is 16.3. The van der Waals surface area contributed by atoms with Gasteiger partial charge in [0, 0.05) is 29.1 Å². The molecule has 0 radical (unpaired) electrons. The Balaban J connectivity index is 1.64. The zero-order valence-corrected chi connectivity index (χ0v) is 20.2. The Bertz CT molecular complexity index is 1200. The molecular formula is C27H25Cl2NO4. The Hall–Kier alpha value is -3.02. The zero-order chi connectivity index (χ0) is 24.2. The van der Waals surface area contributed by atoms with Crippen molar-refractivity contribution in [2.24, 2.45) is 0 Å². The molecule has 0 spiro atoms. The Morgan fingerprint density at radius 1 is 1.03 bits per heavy atom. The molecule has 1 N–H and O–H groups in total. The van der Waals surface area contributed by atoms with Crippen molar-refractivity contribution in [3.8, 4) is 5.75 Å². The lowest BCUT2D eigenvalue weighted by molar-refractivity contribution is -0.137. The number of carboxylic acid groups (broad SMARTS) is 1. The van der Waals surface area contributed by atoms with Crippen molar-refractivity contribution >= 4 is 40.8 Å². The fraction of sp³-hybridized carbons (Fsp3) is 0.259. The smallest absolute Gasteiger partial charge is 0.303 e. The molecule has 3 aromatic carbocycles. The number of ether oxygens (including phenoxy) is 1. The van der Waals surface area contributed by atoms with Crippen LogP contribution in [0.3, 0.4) is 0 Å². The first-order valence-corrected chi connectivity index (χ1v) is 11.9. The van der Waals surface area contributed by atoms with Crippen LogP contribution < -0.4 is 9.64 Å². The van der Waals surface area contributed by atoms with E-state index < -0.39 is 5.97 Å². The first-order valence-electron chi connectivity index (χ1n) is 11.2. The Kier molecular flexibility index (Phi) is 7.44. The third-order valence-corrected chi connectivity index (χ3v) is 6.73. The molecule has 0 aromatic heterocycles. The van der Waals surface area contributed by atoms with Crippen LogP contribution in [0.5, 0.6) is 5.75 Å². The number of benzene rings is 3. The van der Waals surface area contributed by atoms with Crippen molar-refractivity contribution in [2.75, 3.05) is 4.90 Å². The minimum absolute atomic E-state index is 0.0235. The van der Waals surface area contributed by atoms with Crippen LogP contribution in [0, 0.1) is 0 Å². The zero-order valence-electron chi connectivity index (χ0n) is 18.7. The second kappa shape index (κ2) is 10.5. The largest absolute Gasteiger partial charge is 0.489 e. The maximum atomic E-state index is 13.5. The number of anilines is 1. The van der Waals surface area contributed by atoms with Crippen LogP contribution in [0.1, 0.15) is 53.6 Å². The average Bonchev–Trinajstić information content (AvgIpc) is 3.08. The lowest BCUT2D eigenvalue weighted by Gasteiger charge is -2.26. The monoisotopic (exact) mass is 497 g/mol. The molecule has 0 fully saturated rings. The summed E-state index contributed by atoms with van der Waals surface area (Å²) < 4.78 is 6.02. The molecule has 0 saturated heterocycles. The third kappa shape index (κ3) is 5.21. The maximum absolute atomic E-state index is 13.5. The number of carbonyl (C=O) groups is 2. The van der Waals surface area contributed by atoms with Gasteiger partial charge in [-0.05, 0) is 67.3 Å². The van der Waals surface area contributed by atoms with Crippen molar-refractivity contribution in [3.05, 3.63) is 93.5 Å². The molecule has 0 aliphatic carbocycles. The predicted molar refractivity (Wildman–Crippen MR) is 134 cm³/mol. The van der Waals surface area contributed by atoms with E-state index in [0.29, 0.717) is 40.8 Å². The Morgan fingerprint density at radius 2 is 1.79 bits per heavy atom. The van der Waals surface area contributed by atoms with Crippen molar-refractivity contribution in [1.29, 1.82) is 0 Å². The SMILES string of the molecule is CC1C(CCCC(=O)O)c2cc(OCc3ccccc3)ccc2N1C(=O)c1ccc(Cl)cc1Cl. The number of carbonyl (C=O) groups excluding carboxylic acids is 1. The normalized spacial score (nSPS) is 16.9. The fourth-order valence-electron chi connectivity index (χ4n) is 4.50. The highest BCUT2D eigenvalue weighted by Gasteiger charge is 2.39. The van der Waals surface area contributed by atoms with E-state index in [0.717, 1.165) is 16.8 Å². The summed E-state index contributed by atoms with van der Waals surface area (Å²) in [4.78, 5) is 26.4. The van der Waals surface area contributed by atoms with Gasteiger partial charge in [0.15, 0.2) is 0 Å². The van der Waals surface area contributed by atoms with Crippen LogP contribution in [0.15, 0.2) is 66.7 Å². The molecule has 1 aliphatic rings. The predicted octanol–water partition coefficient (Wildman–Crippen LogP) is 6.96. The highest BCUT2D eigenvalue weighted by molar-refractivity contribution is 6.37. The molecule has 0 bridgehead atoms. The van der Waals surface area contributed by atoms with E-state index in [1.54, 1.807) is 23.1 Å². The molecule has 7 heteroatoms. The number of aliphatic carboxylic acids is 1. The summed E-state index contributed by atoms with van der Waals surface area (Å²) in [6, 6.07) is 20.3. The topological polar surface area (TPSA) is 66.8 Å². The van der Waals surface area contributed by atoms with Crippen LogP contribution in [0.25, 0.3) is 0 Å². The van der Waals surface area contributed by atoms with E-state index >= 15 is 0 Å². The van der Waals surface area contributed by atoms with Gasteiger partial charge in [-0.2, -0.15) is 0 Å². The number of hydrogen-bond acceptors (Lipinski definition) is 3. The molecular weight excluding hydrogens is 473 g/mol. The van der Waals surface area contributed by atoms with Crippen molar-refractivity contribution in [1.82, 2.24) is 0 Å². The molecule has 1 aliphatic heterocycles. The van der Waals surface area contributed by atoms with Crippen LogP contribution in [-0.2, 0) is 11.4 Å². The van der Waals surface area contributed by atoms with Crippen LogP contribution in [0.2, 0.25) is 10.0 Å². The second-order valence-corrected chi connectivity index (χ2v) is 9.27. The van der Waals surface area contributed by atoms with E-state index in [1.807, 2.05) is 55.5 Å². The van der Waals surface area contributed by atoms with E-state index in [-0.39, 0.29) is 24.3 Å². The van der Waals surface area contributed by atoms with E-state index in [2.05, 4.69) is 0 Å². The Labute approximate surface area is 208 Å². The summed E-state index contributed by atoms with van der Waals surface area (Å²) in [6.07, 6.45) is 1.24. The Morgan fingerprint density at radius 3 is 2.50 bits per heavy atom. The standard InChI is InChI=1S/C27H25Cl2NO4/c1-17-21(8-5-9-26(31)32)23-15-20(34-16-18-6-3-2-4-7-18)11-13-25(23)30(17)27(33)22-12-10-19(28)14-24(22)29/h2-4,6-7,10-15,17,21H,5,8-9,16H2,1H3,(H,31,32). The molecule has 3 aromatic rings. The van der Waals surface area contributed by atoms with Gasteiger partial charge in [-0.25, -0.2) is 0 Å². The maximum Gasteiger partial charge on any atom is 0.303 e. The molecule has 2 unspecified atom stereocenters. The quantitative estimate of drug-likeness (QED) is 0.365. The van der Waals surface area contributed by atoms with Gasteiger partial charge < -0.3 is 14.7 Å². The number of carboxylic acids is 1. The third-order valence-electron chi connectivity index (χ3n) is 6.18. The van der Waals surface area contributed by atoms with Gasteiger partial charge >= 0.3 is 5.97 Å². The van der Waals surface area contributed by atoms with Gasteiger partial charge in [-0.3, -0.25) is 9.59 Å². The van der Waals surface area contributed by atoms with Crippen LogP contribution >= 0.6 is 23.2 Å². The highest BCUT2D eigenvalue weighted by Crippen LogP contribution is 2.46. The van der Waals surface area contributed by atoms with Crippen molar-refractivity contribution in [3.63, 3.8) is 0 Å². The molecule has 176 valence electrons. The van der Waals surface area contributed by atoms with Gasteiger partial charge in [-0.15, -0.1) is 0 Å². The summed E-state index contributed by atoms with van der Waals surface area (Å²) in [7, 11) is 0. The summed E-state index contributed by atoms with van der Waals surface area (Å²) >= 11 is 12.4. The number of hydrogen-bond donors (Lipinski definition) is 1. The summed E-state index contributed by atoms with van der Waals surface area (Å²) in [5, 5.41) is 9.86. The molecule has 2 atom stereocenters. The van der Waals surface area contributed by atoms with Gasteiger partial charge in [0.2, 0.25) is 0 Å². The van der Waals surface area contributed by atoms with Gasteiger partial charge in [0.05, 0.1) is 10.6 Å². The molecule has 0 saturated carbocycles. The molecule has 34 heavy (non-hydrogen) atoms. The fourth-order valence-corrected chi connectivity index (χ4v) is 4.99. The van der Waals surface area contributed by atoms with Gasteiger partial charge in [0.1, 0.15) is 12.4 Å². The minimum atomic E-state index is -0.827. The number of fused-ring (bicyclic) bond motifs is 1. The molecule has 4 rings (SSSR count). The lowest BCUT2D eigenvalue weighted by atomic mass is 9.90. The highest BCUT2D eigenvalue weighted by atomic mass is 35.5. The van der Waals surface area contributed by atoms with Crippen molar-refractivity contribution < 1.29 is 19.4 Å². The van der Waals surface area contributed by atoms with E-state index in [1.165, 1.54) is 0 Å². The number of halogens is 2. The molecule has 1 amide bonds. The first kappa shape index (κ1) is 24.1. The average molecular weight is 498 g/mol. The molecule has 5 nitrogen and oxygen atoms in total. The number of rotatable bonds is 8. The minimum Gasteiger partial charge on any atom is -0.489 e. The second-order valence-electron chi connectivity index (χ2n) is 8.43. The molecule has 1 heterocycles. The lowest BCUT2D eigenvalue weighted by Crippen LogP contribution is -2.37.